The van der Waals surface area contributed by atoms with Crippen molar-refractivity contribution in [2.24, 2.45) is 22.9 Å². The van der Waals surface area contributed by atoms with Gasteiger partial charge in [-0.3, -0.25) is 10.8 Å². The Morgan fingerprint density at radius 1 is 0.778 bits per heavy atom. The second-order valence-corrected chi connectivity index (χ2v) is 2.38. The molecule has 0 fully saturated rings. The minimum absolute atomic E-state index is 0.328. The van der Waals surface area contributed by atoms with Crippen molar-refractivity contribution in [2.75, 3.05) is 0 Å². The number of aromatic amines is 2. The van der Waals surface area contributed by atoms with Gasteiger partial charge in [0.15, 0.2) is 11.9 Å². The number of aromatic nitrogens is 8. The summed E-state index contributed by atoms with van der Waals surface area (Å²) >= 11 is 0. The van der Waals surface area contributed by atoms with E-state index in [2.05, 4.69) is 64.2 Å². The lowest BCUT2D eigenvalue weighted by Crippen LogP contribution is -2.20. The maximum Gasteiger partial charge on any atom is 0.245 e. The van der Waals surface area contributed by atoms with Crippen LogP contribution in [0.2, 0.25) is 0 Å². The summed E-state index contributed by atoms with van der Waals surface area (Å²) in [4.78, 5) is 0. The van der Waals surface area contributed by atoms with Crippen molar-refractivity contribution in [3.8, 4) is 11.6 Å². The Morgan fingerprint density at radius 3 is 1.22 bits per heavy atom. The summed E-state index contributed by atoms with van der Waals surface area (Å²) in [7, 11) is 0. The Balaban J connectivity index is 0.000000307. The van der Waals surface area contributed by atoms with Crippen LogP contribution in [0.5, 0.6) is 0 Å². The highest BCUT2D eigenvalue weighted by Crippen LogP contribution is 1.99. The van der Waals surface area contributed by atoms with Crippen LogP contribution in [0.4, 0.5) is 0 Å². The second kappa shape index (κ2) is 7.91. The molecule has 0 aromatic carbocycles. The molecule has 2 aromatic rings. The Bertz CT molecular complexity index is 386. The first-order chi connectivity index (χ1) is 8.43. The van der Waals surface area contributed by atoms with E-state index in [1.807, 2.05) is 0 Å². The zero-order chi connectivity index (χ0) is 14.0. The largest absolute Gasteiger partial charge is 0.370 e. The van der Waals surface area contributed by atoms with Gasteiger partial charge >= 0.3 is 0 Å². The van der Waals surface area contributed by atoms with Gasteiger partial charge in [-0.1, -0.05) is 0 Å². The highest BCUT2D eigenvalue weighted by atomic mass is 15.5. The third-order valence-electron chi connectivity index (χ3n) is 0.891. The monoisotopic (exact) mass is 256 g/mol. The molecule has 0 unspecified atom stereocenters. The molecule has 0 atom stereocenters. The van der Waals surface area contributed by atoms with Gasteiger partial charge in [-0.25, -0.2) is 0 Å². The Hall–Kier alpha value is -3.32. The van der Waals surface area contributed by atoms with Gasteiger partial charge in [-0.05, 0) is 10.4 Å². The minimum Gasteiger partial charge on any atom is -0.370 e. The average Bonchev–Trinajstić information content (AvgIpc) is 2.89. The lowest BCUT2D eigenvalue weighted by atomic mass is 10.6. The van der Waals surface area contributed by atoms with Crippen molar-refractivity contribution in [2.45, 2.75) is 0 Å². The number of nitrogens with zero attached hydrogens (tertiary/aromatic N) is 6. The number of hydrogen-bond donors (Lipinski definition) is 8. The van der Waals surface area contributed by atoms with E-state index < -0.39 is 0 Å². The van der Waals surface area contributed by atoms with Crippen molar-refractivity contribution < 1.29 is 0 Å². The van der Waals surface area contributed by atoms with Crippen LogP contribution in [0.1, 0.15) is 0 Å². The van der Waals surface area contributed by atoms with Crippen molar-refractivity contribution in [3.63, 3.8) is 0 Å². The quantitative estimate of drug-likeness (QED) is 0.181. The molecule has 12 N–H and O–H groups in total. The molecule has 0 aliphatic heterocycles. The van der Waals surface area contributed by atoms with Gasteiger partial charge in [0.2, 0.25) is 11.6 Å². The fraction of sp³-hybridized carbons (Fsp3) is 0. The van der Waals surface area contributed by atoms with Crippen LogP contribution in [0, 0.1) is 10.8 Å². The molecule has 0 amide bonds. The van der Waals surface area contributed by atoms with Crippen LogP contribution >= 0.6 is 0 Å². The number of tetrazole rings is 2. The van der Waals surface area contributed by atoms with Crippen molar-refractivity contribution in [1.29, 1.82) is 10.8 Å². The fourth-order valence-corrected chi connectivity index (χ4v) is 0.513. The molecular formula is C4H12N14. The van der Waals surface area contributed by atoms with E-state index in [-0.39, 0.29) is 11.9 Å². The molecule has 0 spiro atoms. The number of H-pyrrole nitrogens is 2. The molecule has 0 radical (unpaired) electrons. The topological polar surface area (TPSA) is 261 Å². The molecule has 2 rings (SSSR count). The number of guanidine groups is 2. The highest BCUT2D eigenvalue weighted by molar-refractivity contribution is 5.72. The Kier molecular flexibility index (Phi) is 6.45. The predicted molar refractivity (Wildman–Crippen MR) is 59.6 cm³/mol. The summed E-state index contributed by atoms with van der Waals surface area (Å²) < 4.78 is 0. The summed E-state index contributed by atoms with van der Waals surface area (Å²) in [5, 5.41) is 37.8. The number of rotatable bonds is 1. The van der Waals surface area contributed by atoms with E-state index in [1.165, 1.54) is 0 Å². The number of nitrogens with one attached hydrogen (secondary N) is 4. The summed E-state index contributed by atoms with van der Waals surface area (Å²) in [5.41, 5.74) is 17.9. The maximum atomic E-state index is 6.06. The first-order valence-electron chi connectivity index (χ1n) is 4.09. The van der Waals surface area contributed by atoms with Crippen LogP contribution < -0.4 is 22.9 Å². The fourth-order valence-electron chi connectivity index (χ4n) is 0.513. The van der Waals surface area contributed by atoms with E-state index in [0.29, 0.717) is 11.6 Å². The van der Waals surface area contributed by atoms with Gasteiger partial charge in [-0.15, -0.1) is 20.4 Å². The lowest BCUT2D eigenvalue weighted by Gasteiger charge is -1.74. The van der Waals surface area contributed by atoms with Crippen LogP contribution in [0.3, 0.4) is 0 Å². The summed E-state index contributed by atoms with van der Waals surface area (Å²) in [6.07, 6.45) is 0. The van der Waals surface area contributed by atoms with Crippen molar-refractivity contribution in [3.05, 3.63) is 0 Å². The van der Waals surface area contributed by atoms with E-state index >= 15 is 0 Å². The van der Waals surface area contributed by atoms with Crippen LogP contribution in [-0.4, -0.2) is 53.2 Å². The molecule has 14 nitrogen and oxygen atoms in total. The molecule has 2 heterocycles. The average molecular weight is 256 g/mol. The minimum atomic E-state index is -0.333. The third-order valence-corrected chi connectivity index (χ3v) is 0.891. The Morgan fingerprint density at radius 2 is 1.06 bits per heavy atom. The molecule has 14 heteroatoms. The molecular weight excluding hydrogens is 244 g/mol. The van der Waals surface area contributed by atoms with Crippen molar-refractivity contribution >= 4 is 11.9 Å². The summed E-state index contributed by atoms with van der Waals surface area (Å²) in [5.74, 6) is -0.0116. The molecule has 0 aliphatic carbocycles. The molecule has 0 saturated heterocycles. The van der Waals surface area contributed by atoms with Crippen LogP contribution in [0.25, 0.3) is 11.6 Å². The summed E-state index contributed by atoms with van der Waals surface area (Å²) in [6, 6.07) is 0. The van der Waals surface area contributed by atoms with Gasteiger partial charge in [0.1, 0.15) is 0 Å². The molecule has 2 aromatic heterocycles. The van der Waals surface area contributed by atoms with E-state index in [9.17, 15) is 0 Å². The lowest BCUT2D eigenvalue weighted by molar-refractivity contribution is 0.881. The van der Waals surface area contributed by atoms with Crippen LogP contribution in [0.15, 0.2) is 0 Å². The van der Waals surface area contributed by atoms with Gasteiger partial charge in [0, 0.05) is 0 Å². The van der Waals surface area contributed by atoms with Crippen molar-refractivity contribution in [1.82, 2.24) is 41.2 Å². The standard InChI is InChI=1S/C2H2N8.2CH5N3/c3-1(4-8-7-3)2-5-9-10-6-2;2*2-1(3)4/h(H,3,4,7,8)(H,5,6,9,10);2*(H5,2,3,4). The zero-order valence-electron chi connectivity index (χ0n) is 8.99. The highest BCUT2D eigenvalue weighted by Gasteiger charge is 2.05. The second-order valence-electron chi connectivity index (χ2n) is 2.38. The predicted octanol–water partition coefficient (Wildman–Crippen LogP) is -3.94. The normalized spacial score (nSPS) is 8.22. The van der Waals surface area contributed by atoms with E-state index in [4.69, 9.17) is 10.8 Å². The molecule has 18 heavy (non-hydrogen) atoms. The maximum absolute atomic E-state index is 6.06. The SMILES string of the molecule is N=C(N)N.N=C(N)N.n1nc(-c2nn[nH]n2)n[nH]1. The first kappa shape index (κ1) is 14.7. The number of hydrogen-bond acceptors (Lipinski definition) is 8. The molecule has 98 valence electrons. The molecule has 0 saturated carbocycles. The van der Waals surface area contributed by atoms with Crippen LogP contribution in [-0.2, 0) is 0 Å². The molecule has 0 aliphatic rings. The first-order valence-corrected chi connectivity index (χ1v) is 4.09. The van der Waals surface area contributed by atoms with E-state index in [1.54, 1.807) is 0 Å². The molecule has 0 bridgehead atoms. The van der Waals surface area contributed by atoms with Gasteiger partial charge < -0.3 is 22.9 Å². The Labute approximate surface area is 99.5 Å². The van der Waals surface area contributed by atoms with E-state index in [0.717, 1.165) is 0 Å². The number of nitrogens with two attached hydrogens (primary N) is 4. The van der Waals surface area contributed by atoms with Gasteiger partial charge in [0.25, 0.3) is 0 Å². The van der Waals surface area contributed by atoms with Gasteiger partial charge in [0.05, 0.1) is 0 Å². The van der Waals surface area contributed by atoms with Gasteiger partial charge in [-0.2, -0.15) is 10.4 Å². The smallest absolute Gasteiger partial charge is 0.245 e. The summed E-state index contributed by atoms with van der Waals surface area (Å²) in [6.45, 7) is 0. The third kappa shape index (κ3) is 8.03. The zero-order valence-corrected chi connectivity index (χ0v) is 8.99.